The number of ether oxygens (including phenoxy) is 1. The van der Waals surface area contributed by atoms with E-state index in [0.29, 0.717) is 12.4 Å². The van der Waals surface area contributed by atoms with Crippen LogP contribution in [0.5, 0.6) is 5.75 Å². The molecule has 2 amide bonds. The molecule has 0 aliphatic rings. The fourth-order valence-corrected chi connectivity index (χ4v) is 6.23. The van der Waals surface area contributed by atoms with Crippen LogP contribution < -0.4 is 14.4 Å². The van der Waals surface area contributed by atoms with E-state index >= 15 is 0 Å². The van der Waals surface area contributed by atoms with Crippen molar-refractivity contribution in [3.05, 3.63) is 83.9 Å². The molecule has 226 valence electrons. The van der Waals surface area contributed by atoms with Crippen molar-refractivity contribution in [2.24, 2.45) is 0 Å². The Kier molecular flexibility index (Phi) is 11.1. The van der Waals surface area contributed by atoms with E-state index < -0.39 is 34.1 Å². The highest BCUT2D eigenvalue weighted by Gasteiger charge is 2.34. The summed E-state index contributed by atoms with van der Waals surface area (Å²) < 4.78 is 35.2. The van der Waals surface area contributed by atoms with Gasteiger partial charge in [0.05, 0.1) is 17.2 Å². The molecule has 3 aromatic carbocycles. The third-order valence-electron chi connectivity index (χ3n) is 6.46. The zero-order valence-electron chi connectivity index (χ0n) is 25.4. The number of thioether (sulfide) groups is 1. The second kappa shape index (κ2) is 14.1. The summed E-state index contributed by atoms with van der Waals surface area (Å²) in [6.07, 6.45) is 1.91. The molecule has 8 nitrogen and oxygen atoms in total. The van der Waals surface area contributed by atoms with Crippen LogP contribution in [0.25, 0.3) is 0 Å². The molecule has 0 spiro atoms. The summed E-state index contributed by atoms with van der Waals surface area (Å²) in [5, 5.41) is 2.94. The fourth-order valence-electron chi connectivity index (χ4n) is 4.39. The average Bonchev–Trinajstić information content (AvgIpc) is 2.94. The number of anilines is 1. The quantitative estimate of drug-likeness (QED) is 0.266. The van der Waals surface area contributed by atoms with E-state index in [9.17, 15) is 18.0 Å². The van der Waals surface area contributed by atoms with Crippen LogP contribution in [0.2, 0.25) is 0 Å². The van der Waals surface area contributed by atoms with Crippen molar-refractivity contribution in [2.75, 3.05) is 23.7 Å². The average molecular weight is 612 g/mol. The Morgan fingerprint density at radius 1 is 1.00 bits per heavy atom. The number of nitrogens with zero attached hydrogens (tertiary/aromatic N) is 2. The van der Waals surface area contributed by atoms with Gasteiger partial charge in [-0.05, 0) is 89.8 Å². The predicted octanol–water partition coefficient (Wildman–Crippen LogP) is 5.64. The number of sulfonamides is 1. The van der Waals surface area contributed by atoms with Crippen LogP contribution in [0.3, 0.4) is 0 Å². The van der Waals surface area contributed by atoms with E-state index in [1.54, 1.807) is 50.2 Å². The summed E-state index contributed by atoms with van der Waals surface area (Å²) in [6, 6.07) is 20.1. The highest BCUT2D eigenvalue weighted by Crippen LogP contribution is 2.33. The van der Waals surface area contributed by atoms with Crippen molar-refractivity contribution in [1.82, 2.24) is 10.2 Å². The van der Waals surface area contributed by atoms with Gasteiger partial charge in [-0.15, -0.1) is 11.8 Å². The topological polar surface area (TPSA) is 96.0 Å². The van der Waals surface area contributed by atoms with Gasteiger partial charge in [-0.2, -0.15) is 0 Å². The summed E-state index contributed by atoms with van der Waals surface area (Å²) in [6.45, 7) is 10.9. The smallest absolute Gasteiger partial charge is 0.264 e. The lowest BCUT2D eigenvalue weighted by atomic mass is 10.1. The minimum absolute atomic E-state index is 0.0446. The first-order chi connectivity index (χ1) is 19.8. The molecule has 0 radical (unpaired) electrons. The molecule has 42 heavy (non-hydrogen) atoms. The van der Waals surface area contributed by atoms with Gasteiger partial charge in [0.1, 0.15) is 18.3 Å². The van der Waals surface area contributed by atoms with Crippen molar-refractivity contribution in [2.45, 2.75) is 69.5 Å². The van der Waals surface area contributed by atoms with Crippen molar-refractivity contribution in [3.63, 3.8) is 0 Å². The zero-order valence-corrected chi connectivity index (χ0v) is 27.0. The second-order valence-electron chi connectivity index (χ2n) is 11.0. The lowest BCUT2D eigenvalue weighted by Gasteiger charge is -2.34. The molecule has 0 aliphatic carbocycles. The van der Waals surface area contributed by atoms with Gasteiger partial charge < -0.3 is 15.0 Å². The number of rotatable bonds is 12. The molecule has 0 saturated carbocycles. The van der Waals surface area contributed by atoms with Crippen LogP contribution in [0.1, 0.15) is 45.7 Å². The summed E-state index contributed by atoms with van der Waals surface area (Å²) in [7, 11) is -4.21. The minimum atomic E-state index is -4.21. The molecule has 0 heterocycles. The first-order valence-electron chi connectivity index (χ1n) is 13.8. The summed E-state index contributed by atoms with van der Waals surface area (Å²) >= 11 is 1.50. The second-order valence-corrected chi connectivity index (χ2v) is 13.8. The Bertz CT molecular complexity index is 1480. The number of aryl methyl sites for hydroxylation is 1. The third kappa shape index (κ3) is 8.51. The van der Waals surface area contributed by atoms with Crippen LogP contribution in [0.4, 0.5) is 5.69 Å². The van der Waals surface area contributed by atoms with E-state index in [4.69, 9.17) is 4.74 Å². The number of para-hydroxylation sites is 2. The molecule has 3 rings (SSSR count). The van der Waals surface area contributed by atoms with Gasteiger partial charge in [-0.25, -0.2) is 8.42 Å². The van der Waals surface area contributed by atoms with Crippen LogP contribution in [-0.2, 0) is 26.2 Å². The summed E-state index contributed by atoms with van der Waals surface area (Å²) in [4.78, 5) is 29.8. The SMILES string of the molecule is CCOc1ccccc1N(CC(=O)N(Cc1cccc(C)c1)C(C)C(=O)NC(C)(C)C)S(=O)(=O)c1ccc(SC)cc1. The maximum absolute atomic E-state index is 14.2. The molecule has 0 saturated heterocycles. The maximum atomic E-state index is 14.2. The van der Waals surface area contributed by atoms with E-state index in [1.807, 2.05) is 58.2 Å². The van der Waals surface area contributed by atoms with Crippen LogP contribution in [-0.4, -0.2) is 56.1 Å². The Balaban J connectivity index is 2.10. The molecule has 1 unspecified atom stereocenters. The van der Waals surface area contributed by atoms with Gasteiger partial charge in [-0.1, -0.05) is 42.0 Å². The molecular weight excluding hydrogens is 571 g/mol. The molecule has 0 aliphatic heterocycles. The number of carbonyl (C=O) groups is 2. The molecule has 1 atom stereocenters. The monoisotopic (exact) mass is 611 g/mol. The largest absolute Gasteiger partial charge is 0.492 e. The van der Waals surface area contributed by atoms with Crippen molar-refractivity contribution in [1.29, 1.82) is 0 Å². The number of nitrogens with one attached hydrogen (secondary N) is 1. The van der Waals surface area contributed by atoms with E-state index in [0.717, 1.165) is 20.3 Å². The van der Waals surface area contributed by atoms with Gasteiger partial charge >= 0.3 is 0 Å². The number of hydrogen-bond donors (Lipinski definition) is 1. The number of amides is 2. The van der Waals surface area contributed by atoms with Gasteiger partial charge in [0.25, 0.3) is 10.0 Å². The lowest BCUT2D eigenvalue weighted by Crippen LogP contribution is -2.54. The third-order valence-corrected chi connectivity index (χ3v) is 8.98. The molecule has 0 aromatic heterocycles. The molecule has 10 heteroatoms. The predicted molar refractivity (Wildman–Crippen MR) is 169 cm³/mol. The highest BCUT2D eigenvalue weighted by atomic mass is 32.2. The van der Waals surface area contributed by atoms with E-state index in [2.05, 4.69) is 5.32 Å². The van der Waals surface area contributed by atoms with Gasteiger partial charge in [0.15, 0.2) is 0 Å². The zero-order chi connectivity index (χ0) is 31.1. The van der Waals surface area contributed by atoms with E-state index in [-0.39, 0.29) is 23.0 Å². The molecular formula is C32H41N3O5S2. The maximum Gasteiger partial charge on any atom is 0.264 e. The molecule has 1 N–H and O–H groups in total. The van der Waals surface area contributed by atoms with Crippen molar-refractivity contribution < 1.29 is 22.7 Å². The minimum Gasteiger partial charge on any atom is -0.492 e. The number of benzene rings is 3. The van der Waals surface area contributed by atoms with Gasteiger partial charge in [-0.3, -0.25) is 13.9 Å². The lowest BCUT2D eigenvalue weighted by molar-refractivity contribution is -0.140. The van der Waals surface area contributed by atoms with Crippen LogP contribution in [0, 0.1) is 6.92 Å². The van der Waals surface area contributed by atoms with Gasteiger partial charge in [0.2, 0.25) is 11.8 Å². The Morgan fingerprint density at radius 3 is 2.26 bits per heavy atom. The Hall–Kier alpha value is -3.50. The summed E-state index contributed by atoms with van der Waals surface area (Å²) in [5.74, 6) is -0.523. The Labute approximate surface area is 254 Å². The van der Waals surface area contributed by atoms with Crippen LogP contribution >= 0.6 is 11.8 Å². The molecule has 0 bridgehead atoms. The summed E-state index contributed by atoms with van der Waals surface area (Å²) in [5.41, 5.74) is 1.56. The molecule has 0 fully saturated rings. The highest BCUT2D eigenvalue weighted by molar-refractivity contribution is 7.98. The first-order valence-corrected chi connectivity index (χ1v) is 16.5. The van der Waals surface area contributed by atoms with Crippen LogP contribution in [0.15, 0.2) is 82.6 Å². The number of carbonyl (C=O) groups excluding carboxylic acids is 2. The first kappa shape index (κ1) is 33.0. The van der Waals surface area contributed by atoms with Crippen molar-refractivity contribution in [3.8, 4) is 5.75 Å². The standard InChI is InChI=1S/C32H41N3O5S2/c1-8-40-29-15-10-9-14-28(29)35(42(38,39)27-18-16-26(41-7)17-19-27)22-30(36)34(21-25-13-11-12-23(2)20-25)24(3)31(37)33-32(4,5)6/h9-20,24H,8,21-22H2,1-7H3,(H,33,37). The van der Waals surface area contributed by atoms with Crippen molar-refractivity contribution >= 4 is 39.3 Å². The Morgan fingerprint density at radius 2 is 1.67 bits per heavy atom. The fraction of sp³-hybridized carbons (Fsp3) is 0.375. The number of hydrogen-bond acceptors (Lipinski definition) is 6. The molecule has 3 aromatic rings. The van der Waals surface area contributed by atoms with Gasteiger partial charge in [0, 0.05) is 17.0 Å². The van der Waals surface area contributed by atoms with E-state index in [1.165, 1.54) is 28.8 Å². The normalized spacial score (nSPS) is 12.4.